The first-order valence-corrected chi connectivity index (χ1v) is 7.03. The maximum atomic E-state index is 11.3. The molecule has 0 saturated carbocycles. The zero-order chi connectivity index (χ0) is 20.7. The van der Waals surface area contributed by atoms with Gasteiger partial charge in [-0.25, -0.2) is 0 Å². The first-order valence-electron chi connectivity index (χ1n) is 7.03. The van der Waals surface area contributed by atoms with E-state index < -0.39 is 28.4 Å². The van der Waals surface area contributed by atoms with Crippen LogP contribution < -0.4 is 5.43 Å². The van der Waals surface area contributed by atoms with Crippen molar-refractivity contribution < 1.29 is 46.3 Å². The van der Waals surface area contributed by atoms with E-state index in [0.29, 0.717) is 0 Å². The molecule has 0 aliphatic rings. The van der Waals surface area contributed by atoms with Crippen LogP contribution in [0.2, 0.25) is 0 Å². The molecule has 0 radical (unpaired) electrons. The number of rotatable bonds is 0. The normalized spacial score (nSPS) is 9.56. The van der Waals surface area contributed by atoms with E-state index in [1.165, 1.54) is 30.3 Å². The smallest absolute Gasteiger partial charge is 0.220 e. The van der Waals surface area contributed by atoms with E-state index in [2.05, 4.69) is 0 Å². The Kier molecular flexibility index (Phi) is 7.04. The minimum absolute atomic E-state index is 0.0786. The minimum Gasteiger partial charge on any atom is -0.507 e. The number of benzene rings is 2. The van der Waals surface area contributed by atoms with E-state index in [1.54, 1.807) is 0 Å². The molecule has 27 heavy (non-hydrogen) atoms. The lowest BCUT2D eigenvalue weighted by Gasteiger charge is -2.04. The van der Waals surface area contributed by atoms with Crippen LogP contribution in [-0.2, 0) is 0 Å². The van der Waals surface area contributed by atoms with Gasteiger partial charge < -0.3 is 35.7 Å². The van der Waals surface area contributed by atoms with Gasteiger partial charge in [-0.2, -0.15) is 0 Å². The third kappa shape index (κ3) is 4.60. The van der Waals surface area contributed by atoms with Gasteiger partial charge in [-0.05, 0) is 18.2 Å². The third-order valence-electron chi connectivity index (χ3n) is 3.27. The molecule has 0 heterocycles. The summed E-state index contributed by atoms with van der Waals surface area (Å²) in [5, 5.41) is 75.8. The number of hydrogen-bond donors (Lipinski definition) is 9. The fourth-order valence-corrected chi connectivity index (χ4v) is 2.02. The zero-order valence-corrected chi connectivity index (χ0v) is 13.5. The van der Waals surface area contributed by atoms with Crippen molar-refractivity contribution in [2.45, 2.75) is 0 Å². The van der Waals surface area contributed by atoms with Crippen LogP contribution in [0.4, 0.5) is 0 Å². The van der Waals surface area contributed by atoms with E-state index >= 15 is 0 Å². The number of phenols is 6. The van der Waals surface area contributed by atoms with Gasteiger partial charge >= 0.3 is 0 Å². The standard InChI is InChI=1S/C11H8O5.C6H6O3.H2O2/c12-6-3-1-2-5-7(13)4-8(14)11(16)9(5)10(6)15;7-4-2-1-3-5(8)6(4)9;1-2/h1-4,13-14,16H,(H,12,15);1-3,7-9H;1-2H. The van der Waals surface area contributed by atoms with Gasteiger partial charge in [-0.15, -0.1) is 0 Å². The first kappa shape index (κ1) is 21.2. The highest BCUT2D eigenvalue weighted by Crippen LogP contribution is 2.41. The SMILES string of the molecule is O=c1cccc2c(O)cc(O)c(O)c2c1O.OO.Oc1cccc(O)c1O. The van der Waals surface area contributed by atoms with Crippen molar-refractivity contribution in [3.05, 3.63) is 52.7 Å². The van der Waals surface area contributed by atoms with Gasteiger partial charge in [0.1, 0.15) is 5.75 Å². The molecule has 3 rings (SSSR count). The molecule has 0 amide bonds. The molecule has 0 saturated heterocycles. The highest BCUT2D eigenvalue weighted by molar-refractivity contribution is 5.98. The van der Waals surface area contributed by atoms with Gasteiger partial charge in [0, 0.05) is 11.5 Å². The number of aromatic hydroxyl groups is 7. The molecule has 0 aliphatic carbocycles. The highest BCUT2D eigenvalue weighted by atomic mass is 17.0. The van der Waals surface area contributed by atoms with E-state index in [0.717, 1.165) is 12.1 Å². The van der Waals surface area contributed by atoms with Crippen molar-refractivity contribution in [2.24, 2.45) is 0 Å². The Hall–Kier alpha value is -3.89. The predicted octanol–water partition coefficient (Wildman–Crippen LogP) is 1.84. The van der Waals surface area contributed by atoms with Crippen molar-refractivity contribution >= 4 is 10.8 Å². The van der Waals surface area contributed by atoms with E-state index in [-0.39, 0.29) is 28.0 Å². The molecule has 0 fully saturated rings. The highest BCUT2D eigenvalue weighted by Gasteiger charge is 2.14. The summed E-state index contributed by atoms with van der Waals surface area (Å²) >= 11 is 0. The number of para-hydroxylation sites is 1. The van der Waals surface area contributed by atoms with E-state index in [9.17, 15) is 25.2 Å². The molecule has 0 aromatic heterocycles. The largest absolute Gasteiger partial charge is 0.507 e. The topological polar surface area (TPSA) is 199 Å². The van der Waals surface area contributed by atoms with Crippen molar-refractivity contribution in [1.29, 1.82) is 0 Å². The van der Waals surface area contributed by atoms with Crippen LogP contribution >= 0.6 is 0 Å². The maximum Gasteiger partial charge on any atom is 0.220 e. The Morgan fingerprint density at radius 3 is 1.59 bits per heavy atom. The molecular formula is C17H16O10. The second-order valence-corrected chi connectivity index (χ2v) is 4.94. The zero-order valence-electron chi connectivity index (χ0n) is 13.5. The summed E-state index contributed by atoms with van der Waals surface area (Å²) in [5.74, 6) is -3.40. The van der Waals surface area contributed by atoms with Crippen molar-refractivity contribution in [2.75, 3.05) is 0 Å². The third-order valence-corrected chi connectivity index (χ3v) is 3.27. The summed E-state index contributed by atoms with van der Waals surface area (Å²) in [5.41, 5.74) is -0.713. The molecular weight excluding hydrogens is 364 g/mol. The lowest BCUT2D eigenvalue weighted by atomic mass is 10.1. The average molecular weight is 380 g/mol. The number of fused-ring (bicyclic) bond motifs is 1. The molecule has 10 heteroatoms. The average Bonchev–Trinajstić information content (AvgIpc) is 2.79. The van der Waals surface area contributed by atoms with Gasteiger partial charge in [0.25, 0.3) is 0 Å². The van der Waals surface area contributed by atoms with E-state index in [4.69, 9.17) is 25.8 Å². The predicted molar refractivity (Wildman–Crippen MR) is 93.6 cm³/mol. The molecule has 0 unspecified atom stereocenters. The summed E-state index contributed by atoms with van der Waals surface area (Å²) in [6, 6.07) is 8.72. The van der Waals surface area contributed by atoms with Crippen molar-refractivity contribution in [1.82, 2.24) is 0 Å². The lowest BCUT2D eigenvalue weighted by molar-refractivity contribution is -0.176. The fourth-order valence-electron chi connectivity index (χ4n) is 2.02. The summed E-state index contributed by atoms with van der Waals surface area (Å²) in [4.78, 5) is 11.3. The summed E-state index contributed by atoms with van der Waals surface area (Å²) < 4.78 is 0. The van der Waals surface area contributed by atoms with Crippen LogP contribution in [-0.4, -0.2) is 46.3 Å². The maximum absolute atomic E-state index is 11.3. The minimum atomic E-state index is -0.719. The summed E-state index contributed by atoms with van der Waals surface area (Å²) in [6.07, 6.45) is 0. The van der Waals surface area contributed by atoms with Crippen LogP contribution in [0.1, 0.15) is 0 Å². The molecule has 144 valence electrons. The monoisotopic (exact) mass is 380 g/mol. The fraction of sp³-hybridized carbons (Fsp3) is 0. The van der Waals surface area contributed by atoms with Gasteiger partial charge in [0.15, 0.2) is 34.5 Å². The molecule has 0 bridgehead atoms. The Morgan fingerprint density at radius 2 is 1.07 bits per heavy atom. The first-order chi connectivity index (χ1) is 12.7. The van der Waals surface area contributed by atoms with Crippen molar-refractivity contribution in [3.63, 3.8) is 0 Å². The van der Waals surface area contributed by atoms with Crippen molar-refractivity contribution in [3.8, 4) is 40.2 Å². The van der Waals surface area contributed by atoms with Crippen LogP contribution in [0.5, 0.6) is 40.2 Å². The number of hydrogen-bond acceptors (Lipinski definition) is 10. The Bertz CT molecular complexity index is 981. The second kappa shape index (κ2) is 8.99. The van der Waals surface area contributed by atoms with E-state index in [1.807, 2.05) is 0 Å². The van der Waals surface area contributed by atoms with Gasteiger partial charge in [0.05, 0.1) is 5.39 Å². The molecule has 0 aliphatic heterocycles. The second-order valence-electron chi connectivity index (χ2n) is 4.94. The molecule has 3 aromatic carbocycles. The lowest BCUT2D eigenvalue weighted by Crippen LogP contribution is -1.93. The quantitative estimate of drug-likeness (QED) is 0.120. The number of phenolic OH excluding ortho intramolecular Hbond substituents is 6. The molecule has 3 aromatic rings. The summed E-state index contributed by atoms with van der Waals surface area (Å²) in [7, 11) is 0. The Labute approximate surface area is 150 Å². The Balaban J connectivity index is 0.000000282. The molecule has 10 nitrogen and oxygen atoms in total. The molecule has 0 spiro atoms. The van der Waals surface area contributed by atoms with Gasteiger partial charge in [-0.3, -0.25) is 15.3 Å². The van der Waals surface area contributed by atoms with Crippen LogP contribution in [0, 0.1) is 0 Å². The van der Waals surface area contributed by atoms with Gasteiger partial charge in [0.2, 0.25) is 5.43 Å². The van der Waals surface area contributed by atoms with Gasteiger partial charge in [-0.1, -0.05) is 18.2 Å². The molecule has 0 atom stereocenters. The Morgan fingerprint density at radius 1 is 0.556 bits per heavy atom. The van der Waals surface area contributed by atoms with Crippen LogP contribution in [0.3, 0.4) is 0 Å². The van der Waals surface area contributed by atoms with Crippen LogP contribution in [0.25, 0.3) is 10.8 Å². The summed E-state index contributed by atoms with van der Waals surface area (Å²) in [6.45, 7) is 0. The molecule has 9 N–H and O–H groups in total. The van der Waals surface area contributed by atoms with Crippen LogP contribution in [0.15, 0.2) is 47.3 Å².